The lowest BCUT2D eigenvalue weighted by Gasteiger charge is -2.34. The highest BCUT2D eigenvalue weighted by molar-refractivity contribution is 5.90. The maximum absolute atomic E-state index is 13.0. The highest BCUT2D eigenvalue weighted by Gasteiger charge is 2.32. The maximum Gasteiger partial charge on any atom is 0.415 e. The van der Waals surface area contributed by atoms with Crippen molar-refractivity contribution in [2.24, 2.45) is 0 Å². The number of benzene rings is 2. The molecule has 4 heteroatoms. The van der Waals surface area contributed by atoms with Gasteiger partial charge < -0.3 is 15.0 Å². The fourth-order valence-electron chi connectivity index (χ4n) is 3.59. The van der Waals surface area contributed by atoms with Gasteiger partial charge in [-0.15, -0.1) is 0 Å². The molecule has 1 saturated heterocycles. The van der Waals surface area contributed by atoms with Gasteiger partial charge >= 0.3 is 6.09 Å². The number of nitrogens with zero attached hydrogens (tertiary/aromatic N) is 1. The van der Waals surface area contributed by atoms with Gasteiger partial charge in [0.1, 0.15) is 5.75 Å². The fraction of sp³-hybridized carbons (Fsp3) is 0.450. The van der Waals surface area contributed by atoms with E-state index in [1.54, 1.807) is 0 Å². The molecule has 1 atom stereocenters. The first-order chi connectivity index (χ1) is 11.7. The Hall–Kier alpha value is -2.07. The predicted molar refractivity (Wildman–Crippen MR) is 97.5 cm³/mol. The molecule has 1 amide bonds. The summed E-state index contributed by atoms with van der Waals surface area (Å²) in [5.74, 6) is 0.639. The van der Waals surface area contributed by atoms with E-state index in [0.717, 1.165) is 43.1 Å². The van der Waals surface area contributed by atoms with Crippen molar-refractivity contribution in [3.05, 3.63) is 42.5 Å². The van der Waals surface area contributed by atoms with E-state index < -0.39 is 0 Å². The van der Waals surface area contributed by atoms with Gasteiger partial charge in [-0.3, -0.25) is 0 Å². The van der Waals surface area contributed by atoms with Gasteiger partial charge in [0.15, 0.2) is 0 Å². The van der Waals surface area contributed by atoms with E-state index in [2.05, 4.69) is 19.2 Å². The average Bonchev–Trinajstić information content (AvgIpc) is 3.13. The van der Waals surface area contributed by atoms with Gasteiger partial charge in [0.25, 0.3) is 0 Å². The normalized spacial score (nSPS) is 17.4. The number of hydrogen-bond acceptors (Lipinski definition) is 3. The highest BCUT2D eigenvalue weighted by Crippen LogP contribution is 2.27. The van der Waals surface area contributed by atoms with Crippen molar-refractivity contribution >= 4 is 16.9 Å². The average molecular weight is 326 g/mol. The number of amides is 1. The van der Waals surface area contributed by atoms with Crippen LogP contribution in [-0.2, 0) is 0 Å². The van der Waals surface area contributed by atoms with Crippen LogP contribution in [0, 0.1) is 0 Å². The summed E-state index contributed by atoms with van der Waals surface area (Å²) in [5.41, 5.74) is 0. The molecule has 0 radical (unpaired) electrons. The Morgan fingerprint density at radius 1 is 1.21 bits per heavy atom. The van der Waals surface area contributed by atoms with Gasteiger partial charge in [-0.1, -0.05) is 50.2 Å². The summed E-state index contributed by atoms with van der Waals surface area (Å²) < 4.78 is 5.85. The minimum atomic E-state index is -0.228. The van der Waals surface area contributed by atoms with Crippen molar-refractivity contribution in [3.8, 4) is 5.75 Å². The Kier molecular flexibility index (Phi) is 5.36. The standard InChI is InChI=1S/C20H26N2O2/c1-3-16(4-2)22(17-12-13-21-14-17)20(23)24-19-11-7-9-15-8-5-6-10-18(15)19/h5-11,16-17,21H,3-4,12-14H2,1-2H3. The molecule has 128 valence electrons. The summed E-state index contributed by atoms with van der Waals surface area (Å²) in [6.45, 7) is 6.08. The zero-order valence-electron chi connectivity index (χ0n) is 14.5. The number of fused-ring (bicyclic) bond motifs is 1. The first-order valence-corrected chi connectivity index (χ1v) is 8.93. The maximum atomic E-state index is 13.0. The Balaban J connectivity index is 1.86. The van der Waals surface area contributed by atoms with Crippen LogP contribution in [-0.4, -0.2) is 36.2 Å². The quantitative estimate of drug-likeness (QED) is 0.896. The summed E-state index contributed by atoms with van der Waals surface area (Å²) in [4.78, 5) is 14.9. The number of carbonyl (C=O) groups is 1. The lowest BCUT2D eigenvalue weighted by molar-refractivity contribution is 0.106. The van der Waals surface area contributed by atoms with E-state index in [1.165, 1.54) is 0 Å². The molecule has 4 nitrogen and oxygen atoms in total. The molecular formula is C20H26N2O2. The Morgan fingerprint density at radius 3 is 2.67 bits per heavy atom. The molecule has 0 saturated carbocycles. The van der Waals surface area contributed by atoms with Crippen LogP contribution in [0.1, 0.15) is 33.1 Å². The highest BCUT2D eigenvalue weighted by atomic mass is 16.6. The molecule has 0 bridgehead atoms. The number of hydrogen-bond donors (Lipinski definition) is 1. The molecule has 3 rings (SSSR count). The van der Waals surface area contributed by atoms with Gasteiger partial charge in [-0.25, -0.2) is 4.79 Å². The van der Waals surface area contributed by atoms with Crippen molar-refractivity contribution in [2.75, 3.05) is 13.1 Å². The fourth-order valence-corrected chi connectivity index (χ4v) is 3.59. The van der Waals surface area contributed by atoms with Gasteiger partial charge in [-0.2, -0.15) is 0 Å². The molecule has 2 aromatic carbocycles. The van der Waals surface area contributed by atoms with Crippen LogP contribution in [0.5, 0.6) is 5.75 Å². The summed E-state index contributed by atoms with van der Waals surface area (Å²) >= 11 is 0. The summed E-state index contributed by atoms with van der Waals surface area (Å²) in [6.07, 6.45) is 2.64. The number of ether oxygens (including phenoxy) is 1. The number of rotatable bonds is 5. The van der Waals surface area contributed by atoms with Crippen molar-refractivity contribution in [1.29, 1.82) is 0 Å². The van der Waals surface area contributed by atoms with Crippen molar-refractivity contribution in [3.63, 3.8) is 0 Å². The topological polar surface area (TPSA) is 41.6 Å². The van der Waals surface area contributed by atoms with Gasteiger partial charge in [0.2, 0.25) is 0 Å². The third kappa shape index (κ3) is 3.39. The lowest BCUT2D eigenvalue weighted by atomic mass is 10.1. The first kappa shape index (κ1) is 16.8. The molecule has 1 unspecified atom stereocenters. The third-order valence-electron chi connectivity index (χ3n) is 4.92. The SMILES string of the molecule is CCC(CC)N(C(=O)Oc1cccc2ccccc12)C1CCNC1. The van der Waals surface area contributed by atoms with Crippen LogP contribution in [0.15, 0.2) is 42.5 Å². The van der Waals surface area contributed by atoms with E-state index in [4.69, 9.17) is 4.74 Å². The van der Waals surface area contributed by atoms with E-state index in [-0.39, 0.29) is 18.2 Å². The van der Waals surface area contributed by atoms with Crippen molar-refractivity contribution < 1.29 is 9.53 Å². The molecule has 24 heavy (non-hydrogen) atoms. The van der Waals surface area contributed by atoms with Crippen LogP contribution in [0.25, 0.3) is 10.8 Å². The zero-order valence-corrected chi connectivity index (χ0v) is 14.5. The second-order valence-corrected chi connectivity index (χ2v) is 6.37. The van der Waals surface area contributed by atoms with Crippen molar-refractivity contribution in [1.82, 2.24) is 10.2 Å². The summed E-state index contributed by atoms with van der Waals surface area (Å²) in [5, 5.41) is 5.41. The largest absolute Gasteiger partial charge is 0.415 e. The summed E-state index contributed by atoms with van der Waals surface area (Å²) in [6, 6.07) is 14.3. The van der Waals surface area contributed by atoms with Gasteiger partial charge in [-0.05, 0) is 37.3 Å². The second kappa shape index (κ2) is 7.67. The van der Waals surface area contributed by atoms with Crippen LogP contribution in [0.3, 0.4) is 0 Å². The molecule has 0 aliphatic carbocycles. The zero-order chi connectivity index (χ0) is 16.9. The van der Waals surface area contributed by atoms with E-state index in [1.807, 2.05) is 47.4 Å². The monoisotopic (exact) mass is 326 g/mol. The van der Waals surface area contributed by atoms with E-state index in [0.29, 0.717) is 5.75 Å². The predicted octanol–water partition coefficient (Wildman–Crippen LogP) is 4.19. The van der Waals surface area contributed by atoms with E-state index in [9.17, 15) is 4.79 Å². The Morgan fingerprint density at radius 2 is 1.96 bits per heavy atom. The molecule has 0 aromatic heterocycles. The molecule has 1 aliphatic heterocycles. The molecule has 1 heterocycles. The Bertz CT molecular complexity index is 684. The van der Waals surface area contributed by atoms with Crippen LogP contribution in [0.4, 0.5) is 4.79 Å². The van der Waals surface area contributed by atoms with Gasteiger partial charge in [0, 0.05) is 24.0 Å². The second-order valence-electron chi connectivity index (χ2n) is 6.37. The minimum absolute atomic E-state index is 0.220. The number of carbonyl (C=O) groups excluding carboxylic acids is 1. The van der Waals surface area contributed by atoms with Crippen LogP contribution in [0.2, 0.25) is 0 Å². The van der Waals surface area contributed by atoms with Crippen molar-refractivity contribution in [2.45, 2.75) is 45.2 Å². The Labute approximate surface area is 143 Å². The molecule has 1 aliphatic rings. The molecule has 1 N–H and O–H groups in total. The lowest BCUT2D eigenvalue weighted by Crippen LogP contribution is -2.49. The molecule has 2 aromatic rings. The molecule has 1 fully saturated rings. The first-order valence-electron chi connectivity index (χ1n) is 8.93. The van der Waals surface area contributed by atoms with Crippen LogP contribution >= 0.6 is 0 Å². The minimum Gasteiger partial charge on any atom is -0.410 e. The molecular weight excluding hydrogens is 300 g/mol. The summed E-state index contributed by atoms with van der Waals surface area (Å²) in [7, 11) is 0. The van der Waals surface area contributed by atoms with Gasteiger partial charge in [0.05, 0.1) is 0 Å². The third-order valence-corrected chi connectivity index (χ3v) is 4.92. The smallest absolute Gasteiger partial charge is 0.410 e. The molecule has 0 spiro atoms. The van der Waals surface area contributed by atoms with E-state index >= 15 is 0 Å². The number of nitrogens with one attached hydrogen (secondary N) is 1. The van der Waals surface area contributed by atoms with Crippen LogP contribution < -0.4 is 10.1 Å².